The van der Waals surface area contributed by atoms with Gasteiger partial charge in [0.25, 0.3) is 0 Å². The summed E-state index contributed by atoms with van der Waals surface area (Å²) < 4.78 is 5.35. The fraction of sp³-hybridized carbons (Fsp3) is 0.500. The third kappa shape index (κ3) is 3.45. The van der Waals surface area contributed by atoms with Crippen molar-refractivity contribution in [2.75, 3.05) is 6.54 Å². The first kappa shape index (κ1) is 14.7. The second-order valence-electron chi connectivity index (χ2n) is 5.56. The molecule has 0 aliphatic heterocycles. The highest BCUT2D eigenvalue weighted by Gasteiger charge is 2.14. The summed E-state index contributed by atoms with van der Waals surface area (Å²) in [6, 6.07) is 8.34. The number of benzene rings is 1. The van der Waals surface area contributed by atoms with E-state index in [0.29, 0.717) is 24.2 Å². The predicted molar refractivity (Wildman–Crippen MR) is 80.5 cm³/mol. The molecule has 0 fully saturated rings. The first-order valence-corrected chi connectivity index (χ1v) is 7.25. The Bertz CT molecular complexity index is 531. The molecule has 4 nitrogen and oxygen atoms in total. The van der Waals surface area contributed by atoms with Crippen molar-refractivity contribution in [3.63, 3.8) is 0 Å². The highest BCUT2D eigenvalue weighted by molar-refractivity contribution is 5.54. The molecule has 2 aromatic rings. The molecule has 0 aliphatic carbocycles. The van der Waals surface area contributed by atoms with E-state index in [1.165, 1.54) is 5.56 Å². The zero-order valence-corrected chi connectivity index (χ0v) is 12.5. The number of aromatic nitrogens is 2. The van der Waals surface area contributed by atoms with Gasteiger partial charge in [-0.15, -0.1) is 0 Å². The summed E-state index contributed by atoms with van der Waals surface area (Å²) in [6.45, 7) is 7.15. The van der Waals surface area contributed by atoms with Gasteiger partial charge in [-0.05, 0) is 30.9 Å². The van der Waals surface area contributed by atoms with E-state index in [1.54, 1.807) is 0 Å². The number of rotatable bonds is 6. The number of nitrogens with zero attached hydrogens (tertiary/aromatic N) is 2. The van der Waals surface area contributed by atoms with Crippen molar-refractivity contribution < 1.29 is 4.52 Å². The molecular formula is C16H23N3O. The first-order chi connectivity index (χ1) is 9.61. The van der Waals surface area contributed by atoms with Gasteiger partial charge in [-0.3, -0.25) is 0 Å². The molecule has 4 heteroatoms. The average Bonchev–Trinajstić information content (AvgIpc) is 2.94. The standard InChI is InChI=1S/C16H23N3O/c1-11(2)13-6-8-14(9-7-13)15-18-16(20-19-15)12(3)5-4-10-17/h6-9,11-12H,4-5,10,17H2,1-3H3. The summed E-state index contributed by atoms with van der Waals surface area (Å²) in [5.74, 6) is 2.15. The van der Waals surface area contributed by atoms with E-state index in [2.05, 4.69) is 55.2 Å². The molecule has 0 saturated heterocycles. The van der Waals surface area contributed by atoms with Crippen molar-refractivity contribution in [3.05, 3.63) is 35.7 Å². The van der Waals surface area contributed by atoms with Gasteiger partial charge in [0, 0.05) is 11.5 Å². The quantitative estimate of drug-likeness (QED) is 0.871. The van der Waals surface area contributed by atoms with E-state index < -0.39 is 0 Å². The maximum atomic E-state index is 5.52. The molecule has 0 radical (unpaired) electrons. The molecule has 1 unspecified atom stereocenters. The van der Waals surface area contributed by atoms with Crippen LogP contribution in [-0.2, 0) is 0 Å². The molecule has 1 aromatic heterocycles. The van der Waals surface area contributed by atoms with Crippen LogP contribution in [0.1, 0.15) is 56.9 Å². The number of hydrogen-bond donors (Lipinski definition) is 1. The second kappa shape index (κ2) is 6.66. The van der Waals surface area contributed by atoms with Crippen LogP contribution in [-0.4, -0.2) is 16.7 Å². The fourth-order valence-corrected chi connectivity index (χ4v) is 2.12. The molecule has 108 valence electrons. The number of nitrogens with two attached hydrogens (primary N) is 1. The molecule has 0 bridgehead atoms. The van der Waals surface area contributed by atoms with Gasteiger partial charge in [-0.2, -0.15) is 4.98 Å². The van der Waals surface area contributed by atoms with Crippen molar-refractivity contribution >= 4 is 0 Å². The smallest absolute Gasteiger partial charge is 0.229 e. The van der Waals surface area contributed by atoms with Crippen LogP contribution in [0.4, 0.5) is 0 Å². The normalized spacial score (nSPS) is 12.8. The van der Waals surface area contributed by atoms with E-state index >= 15 is 0 Å². The first-order valence-electron chi connectivity index (χ1n) is 7.25. The predicted octanol–water partition coefficient (Wildman–Crippen LogP) is 3.70. The van der Waals surface area contributed by atoms with Crippen molar-refractivity contribution in [1.29, 1.82) is 0 Å². The van der Waals surface area contributed by atoms with Gasteiger partial charge in [-0.1, -0.05) is 50.2 Å². The summed E-state index contributed by atoms with van der Waals surface area (Å²) in [4.78, 5) is 4.49. The molecule has 20 heavy (non-hydrogen) atoms. The Labute approximate surface area is 120 Å². The topological polar surface area (TPSA) is 64.9 Å². The molecule has 1 heterocycles. The molecule has 0 spiro atoms. The zero-order chi connectivity index (χ0) is 14.5. The zero-order valence-electron chi connectivity index (χ0n) is 12.5. The summed E-state index contributed by atoms with van der Waals surface area (Å²) in [5, 5.41) is 4.07. The minimum atomic E-state index is 0.259. The van der Waals surface area contributed by atoms with Crippen LogP contribution in [0.3, 0.4) is 0 Å². The maximum Gasteiger partial charge on any atom is 0.229 e. The van der Waals surface area contributed by atoms with Gasteiger partial charge in [0.1, 0.15) is 0 Å². The van der Waals surface area contributed by atoms with E-state index in [-0.39, 0.29) is 5.92 Å². The molecule has 1 aromatic carbocycles. The molecule has 2 N–H and O–H groups in total. The van der Waals surface area contributed by atoms with E-state index in [9.17, 15) is 0 Å². The third-order valence-electron chi connectivity index (χ3n) is 3.54. The number of hydrogen-bond acceptors (Lipinski definition) is 4. The van der Waals surface area contributed by atoms with Crippen molar-refractivity contribution in [2.45, 2.75) is 45.4 Å². The largest absolute Gasteiger partial charge is 0.339 e. The summed E-state index contributed by atoms with van der Waals surface area (Å²) in [7, 11) is 0. The lowest BCUT2D eigenvalue weighted by Gasteiger charge is -2.05. The highest BCUT2D eigenvalue weighted by Crippen LogP contribution is 2.24. The van der Waals surface area contributed by atoms with E-state index in [4.69, 9.17) is 10.3 Å². The lowest BCUT2D eigenvalue weighted by Crippen LogP contribution is -2.02. The Hall–Kier alpha value is -1.68. The van der Waals surface area contributed by atoms with Crippen molar-refractivity contribution in [2.24, 2.45) is 5.73 Å². The molecule has 0 amide bonds. The Balaban J connectivity index is 2.11. The van der Waals surface area contributed by atoms with Crippen LogP contribution < -0.4 is 5.73 Å². The van der Waals surface area contributed by atoms with Gasteiger partial charge < -0.3 is 10.3 Å². The Morgan fingerprint density at radius 2 is 1.85 bits per heavy atom. The third-order valence-corrected chi connectivity index (χ3v) is 3.54. The average molecular weight is 273 g/mol. The van der Waals surface area contributed by atoms with Crippen LogP contribution in [0.2, 0.25) is 0 Å². The van der Waals surface area contributed by atoms with E-state index in [0.717, 1.165) is 18.4 Å². The van der Waals surface area contributed by atoms with Gasteiger partial charge in [0.2, 0.25) is 11.7 Å². The van der Waals surface area contributed by atoms with Crippen LogP contribution in [0.15, 0.2) is 28.8 Å². The minimum absolute atomic E-state index is 0.259. The molecule has 2 rings (SSSR count). The Morgan fingerprint density at radius 1 is 1.15 bits per heavy atom. The lowest BCUT2D eigenvalue weighted by molar-refractivity contribution is 0.352. The maximum absolute atomic E-state index is 5.52. The molecular weight excluding hydrogens is 250 g/mol. The molecule has 0 aliphatic rings. The SMILES string of the molecule is CC(C)c1ccc(-c2noc(C(C)CCCN)n2)cc1. The summed E-state index contributed by atoms with van der Waals surface area (Å²) >= 11 is 0. The summed E-state index contributed by atoms with van der Waals surface area (Å²) in [6.07, 6.45) is 1.95. The minimum Gasteiger partial charge on any atom is -0.339 e. The van der Waals surface area contributed by atoms with Crippen molar-refractivity contribution in [1.82, 2.24) is 10.1 Å². The van der Waals surface area contributed by atoms with Gasteiger partial charge in [0.05, 0.1) is 0 Å². The second-order valence-corrected chi connectivity index (χ2v) is 5.56. The fourth-order valence-electron chi connectivity index (χ4n) is 2.12. The van der Waals surface area contributed by atoms with Crippen LogP contribution in [0.5, 0.6) is 0 Å². The Morgan fingerprint density at radius 3 is 2.45 bits per heavy atom. The molecule has 0 saturated carbocycles. The van der Waals surface area contributed by atoms with Crippen molar-refractivity contribution in [3.8, 4) is 11.4 Å². The highest BCUT2D eigenvalue weighted by atomic mass is 16.5. The molecule has 1 atom stereocenters. The van der Waals surface area contributed by atoms with Crippen LogP contribution >= 0.6 is 0 Å². The van der Waals surface area contributed by atoms with Crippen LogP contribution in [0, 0.1) is 0 Å². The monoisotopic (exact) mass is 273 g/mol. The van der Waals surface area contributed by atoms with Gasteiger partial charge in [0.15, 0.2) is 0 Å². The van der Waals surface area contributed by atoms with Gasteiger partial charge >= 0.3 is 0 Å². The Kier molecular flexibility index (Phi) is 4.90. The van der Waals surface area contributed by atoms with Gasteiger partial charge in [-0.25, -0.2) is 0 Å². The van der Waals surface area contributed by atoms with E-state index in [1.807, 2.05) is 0 Å². The summed E-state index contributed by atoms with van der Waals surface area (Å²) in [5.41, 5.74) is 7.83. The van der Waals surface area contributed by atoms with Crippen LogP contribution in [0.25, 0.3) is 11.4 Å². The lowest BCUT2D eigenvalue weighted by atomic mass is 10.0.